The largest absolute Gasteiger partial charge is 0.395 e. The van der Waals surface area contributed by atoms with Gasteiger partial charge in [0.05, 0.1) is 12.3 Å². The summed E-state index contributed by atoms with van der Waals surface area (Å²) in [7, 11) is 0. The van der Waals surface area contributed by atoms with Crippen LogP contribution in [0, 0.1) is 0 Å². The molecule has 2 heterocycles. The first-order valence-corrected chi connectivity index (χ1v) is 9.06. The smallest absolute Gasteiger partial charge is 0.225 e. The Morgan fingerprint density at radius 3 is 2.80 bits per heavy atom. The number of aromatic nitrogens is 3. The molecule has 0 atom stereocenters. The van der Waals surface area contributed by atoms with Gasteiger partial charge in [0.1, 0.15) is 5.82 Å². The van der Waals surface area contributed by atoms with E-state index < -0.39 is 0 Å². The molecule has 0 saturated carbocycles. The van der Waals surface area contributed by atoms with E-state index in [1.165, 1.54) is 4.90 Å². The van der Waals surface area contributed by atoms with Crippen LogP contribution in [0.5, 0.6) is 0 Å². The molecule has 7 heteroatoms. The maximum atomic E-state index is 9.03. The summed E-state index contributed by atoms with van der Waals surface area (Å²) >= 11 is 1.69. The second-order valence-corrected chi connectivity index (χ2v) is 6.09. The van der Waals surface area contributed by atoms with Crippen LogP contribution in [0.15, 0.2) is 59.8 Å². The Morgan fingerprint density at radius 2 is 2.04 bits per heavy atom. The Bertz CT molecular complexity index is 829. The van der Waals surface area contributed by atoms with Gasteiger partial charge >= 0.3 is 0 Å². The molecule has 0 amide bonds. The predicted octanol–water partition coefficient (Wildman–Crippen LogP) is 3.41. The van der Waals surface area contributed by atoms with Crippen LogP contribution in [-0.4, -0.2) is 39.5 Å². The second kappa shape index (κ2) is 8.46. The lowest BCUT2D eigenvalue weighted by Gasteiger charge is -2.11. The van der Waals surface area contributed by atoms with Crippen molar-refractivity contribution in [3.63, 3.8) is 0 Å². The fraction of sp³-hybridized carbons (Fsp3) is 0.167. The average molecular weight is 353 g/mol. The number of hydrogen-bond donors (Lipinski definition) is 3. The van der Waals surface area contributed by atoms with E-state index in [0.29, 0.717) is 18.3 Å². The SMILES string of the molecule is CSc1cccc(Nc2cc(-c3cccnc3)nc(NCCO)n2)c1. The quantitative estimate of drug-likeness (QED) is 0.561. The lowest BCUT2D eigenvalue weighted by atomic mass is 10.2. The summed E-state index contributed by atoms with van der Waals surface area (Å²) in [4.78, 5) is 14.3. The Labute approximate surface area is 150 Å². The molecule has 3 rings (SSSR count). The third-order valence-electron chi connectivity index (χ3n) is 3.42. The molecular weight excluding hydrogens is 334 g/mol. The van der Waals surface area contributed by atoms with E-state index in [0.717, 1.165) is 16.9 Å². The zero-order chi connectivity index (χ0) is 17.5. The molecule has 128 valence electrons. The summed E-state index contributed by atoms with van der Waals surface area (Å²) in [5.74, 6) is 1.13. The van der Waals surface area contributed by atoms with E-state index in [-0.39, 0.29) is 6.61 Å². The minimum atomic E-state index is 0.0129. The number of anilines is 3. The summed E-state index contributed by atoms with van der Waals surface area (Å²) in [6, 6.07) is 13.8. The number of nitrogens with one attached hydrogen (secondary N) is 2. The molecule has 6 nitrogen and oxygen atoms in total. The van der Waals surface area contributed by atoms with Gasteiger partial charge < -0.3 is 15.7 Å². The number of thioether (sulfide) groups is 1. The van der Waals surface area contributed by atoms with E-state index >= 15 is 0 Å². The summed E-state index contributed by atoms with van der Waals surface area (Å²) in [5, 5.41) is 15.4. The van der Waals surface area contributed by atoms with Crippen LogP contribution >= 0.6 is 11.8 Å². The Morgan fingerprint density at radius 1 is 1.12 bits per heavy atom. The Kier molecular flexibility index (Phi) is 5.81. The molecule has 0 aliphatic carbocycles. The molecule has 1 aromatic carbocycles. The maximum absolute atomic E-state index is 9.03. The van der Waals surface area contributed by atoms with Crippen molar-refractivity contribution in [1.82, 2.24) is 15.0 Å². The minimum Gasteiger partial charge on any atom is -0.395 e. The molecule has 3 N–H and O–H groups in total. The van der Waals surface area contributed by atoms with Crippen molar-refractivity contribution in [2.24, 2.45) is 0 Å². The summed E-state index contributed by atoms with van der Waals surface area (Å²) < 4.78 is 0. The van der Waals surface area contributed by atoms with Crippen molar-refractivity contribution in [1.29, 1.82) is 0 Å². The number of rotatable bonds is 7. The molecule has 0 aliphatic heterocycles. The molecule has 0 bridgehead atoms. The molecule has 0 aliphatic rings. The fourth-order valence-corrected chi connectivity index (χ4v) is 2.73. The standard InChI is InChI=1S/C18H19N5OS/c1-25-15-6-2-5-14(10-15)21-17-11-16(13-4-3-7-19-12-13)22-18(23-17)20-8-9-24/h2-7,10-12,24H,8-9H2,1H3,(H2,20,21,22,23). The molecule has 0 spiro atoms. The summed E-state index contributed by atoms with van der Waals surface area (Å²) in [6.45, 7) is 0.400. The zero-order valence-corrected chi connectivity index (χ0v) is 14.6. The summed E-state index contributed by atoms with van der Waals surface area (Å²) in [6.07, 6.45) is 5.53. The molecule has 0 unspecified atom stereocenters. The van der Waals surface area contributed by atoms with E-state index in [2.05, 4.69) is 37.7 Å². The molecule has 25 heavy (non-hydrogen) atoms. The third kappa shape index (κ3) is 4.68. The number of benzene rings is 1. The van der Waals surface area contributed by atoms with Crippen LogP contribution in [0.2, 0.25) is 0 Å². The number of nitrogens with zero attached hydrogens (tertiary/aromatic N) is 3. The van der Waals surface area contributed by atoms with Crippen LogP contribution in [0.25, 0.3) is 11.3 Å². The van der Waals surface area contributed by atoms with Crippen molar-refractivity contribution in [3.05, 3.63) is 54.9 Å². The van der Waals surface area contributed by atoms with E-state index in [4.69, 9.17) is 5.11 Å². The topological polar surface area (TPSA) is 83.0 Å². The lowest BCUT2D eigenvalue weighted by Crippen LogP contribution is -2.10. The highest BCUT2D eigenvalue weighted by molar-refractivity contribution is 7.98. The van der Waals surface area contributed by atoms with E-state index in [9.17, 15) is 0 Å². The third-order valence-corrected chi connectivity index (χ3v) is 4.15. The van der Waals surface area contributed by atoms with Crippen LogP contribution < -0.4 is 10.6 Å². The minimum absolute atomic E-state index is 0.0129. The van der Waals surface area contributed by atoms with Crippen LogP contribution in [0.4, 0.5) is 17.5 Å². The lowest BCUT2D eigenvalue weighted by molar-refractivity contribution is 0.311. The van der Waals surface area contributed by atoms with Crippen molar-refractivity contribution >= 4 is 29.2 Å². The van der Waals surface area contributed by atoms with Gasteiger partial charge in [0.2, 0.25) is 5.95 Å². The van der Waals surface area contributed by atoms with Gasteiger partial charge in [0.25, 0.3) is 0 Å². The van der Waals surface area contributed by atoms with Gasteiger partial charge in [-0.25, -0.2) is 4.98 Å². The molecular formula is C18H19N5OS. The van der Waals surface area contributed by atoms with Crippen LogP contribution in [0.3, 0.4) is 0 Å². The Balaban J connectivity index is 1.93. The average Bonchev–Trinajstić information content (AvgIpc) is 2.67. The van der Waals surface area contributed by atoms with Gasteiger partial charge in [-0.2, -0.15) is 4.98 Å². The number of hydrogen-bond acceptors (Lipinski definition) is 7. The highest BCUT2D eigenvalue weighted by atomic mass is 32.2. The van der Waals surface area contributed by atoms with Gasteiger partial charge in [-0.05, 0) is 36.6 Å². The fourth-order valence-electron chi connectivity index (χ4n) is 2.27. The summed E-state index contributed by atoms with van der Waals surface area (Å²) in [5.41, 5.74) is 2.61. The van der Waals surface area contributed by atoms with Gasteiger partial charge in [0.15, 0.2) is 0 Å². The first kappa shape index (κ1) is 17.2. The van der Waals surface area contributed by atoms with E-state index in [1.54, 1.807) is 24.2 Å². The van der Waals surface area contributed by atoms with Crippen LogP contribution in [0.1, 0.15) is 0 Å². The van der Waals surface area contributed by atoms with Crippen LogP contribution in [-0.2, 0) is 0 Å². The van der Waals surface area contributed by atoms with Crippen molar-refractivity contribution in [3.8, 4) is 11.3 Å². The molecule has 0 radical (unpaired) electrons. The Hall–Kier alpha value is -2.64. The normalized spacial score (nSPS) is 10.5. The molecule has 2 aromatic heterocycles. The van der Waals surface area contributed by atoms with Crippen molar-refractivity contribution in [2.75, 3.05) is 30.0 Å². The van der Waals surface area contributed by atoms with Gasteiger partial charge in [-0.15, -0.1) is 11.8 Å². The monoisotopic (exact) mass is 353 g/mol. The molecule has 3 aromatic rings. The highest BCUT2D eigenvalue weighted by Crippen LogP contribution is 2.25. The van der Waals surface area contributed by atoms with E-state index in [1.807, 2.05) is 36.6 Å². The molecule has 0 saturated heterocycles. The first-order chi connectivity index (χ1) is 12.3. The van der Waals surface area contributed by atoms with Crippen molar-refractivity contribution < 1.29 is 5.11 Å². The van der Waals surface area contributed by atoms with Gasteiger partial charge in [-0.3, -0.25) is 4.98 Å². The van der Waals surface area contributed by atoms with Crippen molar-refractivity contribution in [2.45, 2.75) is 4.90 Å². The van der Waals surface area contributed by atoms with Gasteiger partial charge in [-0.1, -0.05) is 6.07 Å². The first-order valence-electron chi connectivity index (χ1n) is 7.84. The molecule has 0 fully saturated rings. The maximum Gasteiger partial charge on any atom is 0.225 e. The predicted molar refractivity (Wildman–Crippen MR) is 102 cm³/mol. The second-order valence-electron chi connectivity index (χ2n) is 5.21. The number of pyridine rings is 1. The zero-order valence-electron chi connectivity index (χ0n) is 13.8. The number of aliphatic hydroxyl groups excluding tert-OH is 1. The number of aliphatic hydroxyl groups is 1. The highest BCUT2D eigenvalue weighted by Gasteiger charge is 2.07. The van der Waals surface area contributed by atoms with Gasteiger partial charge in [0, 0.05) is 41.2 Å².